The van der Waals surface area contributed by atoms with Gasteiger partial charge in [0.25, 0.3) is 5.91 Å². The number of hydrogen-bond donors (Lipinski definition) is 2. The van der Waals surface area contributed by atoms with Crippen LogP contribution in [-0.2, 0) is 10.0 Å². The van der Waals surface area contributed by atoms with Crippen LogP contribution in [0.5, 0.6) is 0 Å². The number of fused-ring (bicyclic) bond motifs is 1. The molecule has 0 heterocycles. The molecule has 0 aliphatic heterocycles. The molecule has 5 nitrogen and oxygen atoms in total. The van der Waals surface area contributed by atoms with Crippen molar-refractivity contribution < 1.29 is 13.2 Å². The number of nitrogens with one attached hydrogen (secondary N) is 2. The second-order valence-electron chi connectivity index (χ2n) is 6.47. The van der Waals surface area contributed by atoms with Crippen LogP contribution in [0.2, 0.25) is 0 Å². The fraction of sp³-hybridized carbons (Fsp3) is 0.136. The minimum absolute atomic E-state index is 0.0420. The lowest BCUT2D eigenvalue weighted by molar-refractivity contribution is 0.0939. The summed E-state index contributed by atoms with van der Waals surface area (Å²) in [5.41, 5.74) is 1.26. The van der Waals surface area contributed by atoms with Gasteiger partial charge in [-0.2, -0.15) is 0 Å². The molecule has 0 aromatic heterocycles. The van der Waals surface area contributed by atoms with Gasteiger partial charge in [-0.15, -0.1) is 6.58 Å². The van der Waals surface area contributed by atoms with E-state index in [-0.39, 0.29) is 29.0 Å². The molecule has 1 unspecified atom stereocenters. The molecule has 0 aliphatic carbocycles. The van der Waals surface area contributed by atoms with Gasteiger partial charge in [-0.1, -0.05) is 48.5 Å². The summed E-state index contributed by atoms with van der Waals surface area (Å²) in [6.45, 7) is 5.51. The van der Waals surface area contributed by atoms with Gasteiger partial charge in [-0.25, -0.2) is 13.1 Å². The van der Waals surface area contributed by atoms with Crippen LogP contribution in [-0.4, -0.2) is 20.9 Å². The largest absolute Gasteiger partial charge is 0.346 e. The quantitative estimate of drug-likeness (QED) is 0.599. The lowest BCUT2D eigenvalue weighted by Crippen LogP contribution is -2.27. The van der Waals surface area contributed by atoms with Crippen molar-refractivity contribution in [3.8, 4) is 0 Å². The number of carbonyl (C=O) groups is 1. The van der Waals surface area contributed by atoms with E-state index < -0.39 is 10.0 Å². The third-order valence-corrected chi connectivity index (χ3v) is 5.87. The van der Waals surface area contributed by atoms with Crippen LogP contribution in [0.15, 0.2) is 84.3 Å². The van der Waals surface area contributed by atoms with Gasteiger partial charge in [-0.3, -0.25) is 4.79 Å². The van der Waals surface area contributed by atoms with Crippen LogP contribution in [0.1, 0.15) is 28.9 Å². The molecule has 6 heteroatoms. The van der Waals surface area contributed by atoms with Crippen molar-refractivity contribution in [3.05, 3.63) is 90.5 Å². The van der Waals surface area contributed by atoms with Gasteiger partial charge in [0.15, 0.2) is 0 Å². The lowest BCUT2D eigenvalue weighted by atomic mass is 10.0. The Morgan fingerprint density at radius 1 is 1.04 bits per heavy atom. The van der Waals surface area contributed by atoms with Crippen molar-refractivity contribution in [1.82, 2.24) is 10.0 Å². The molecular weight excluding hydrogens is 372 g/mol. The van der Waals surface area contributed by atoms with Gasteiger partial charge < -0.3 is 5.32 Å². The minimum Gasteiger partial charge on any atom is -0.346 e. The summed E-state index contributed by atoms with van der Waals surface area (Å²) in [4.78, 5) is 12.7. The Morgan fingerprint density at radius 3 is 2.54 bits per heavy atom. The third-order valence-electron chi connectivity index (χ3n) is 4.45. The average molecular weight is 394 g/mol. The van der Waals surface area contributed by atoms with Crippen molar-refractivity contribution >= 4 is 26.7 Å². The normalized spacial score (nSPS) is 12.5. The second-order valence-corrected chi connectivity index (χ2v) is 8.24. The van der Waals surface area contributed by atoms with Crippen LogP contribution in [0, 0.1) is 0 Å². The maximum Gasteiger partial charge on any atom is 0.251 e. The first kappa shape index (κ1) is 19.8. The van der Waals surface area contributed by atoms with Gasteiger partial charge in [0.05, 0.1) is 10.9 Å². The molecule has 3 rings (SSSR count). The Labute approximate surface area is 165 Å². The zero-order valence-corrected chi connectivity index (χ0v) is 16.4. The summed E-state index contributed by atoms with van der Waals surface area (Å²) in [6.07, 6.45) is 1.46. The fourth-order valence-corrected chi connectivity index (χ4v) is 3.94. The predicted molar refractivity (Wildman–Crippen MR) is 112 cm³/mol. The highest BCUT2D eigenvalue weighted by Gasteiger charge is 2.17. The Morgan fingerprint density at radius 2 is 1.79 bits per heavy atom. The molecule has 0 fully saturated rings. The van der Waals surface area contributed by atoms with E-state index in [1.807, 2.05) is 49.4 Å². The van der Waals surface area contributed by atoms with Crippen LogP contribution in [0.4, 0.5) is 0 Å². The smallest absolute Gasteiger partial charge is 0.251 e. The third kappa shape index (κ3) is 4.47. The van der Waals surface area contributed by atoms with Crippen molar-refractivity contribution in [2.24, 2.45) is 0 Å². The molecule has 0 bridgehead atoms. The van der Waals surface area contributed by atoms with E-state index in [0.29, 0.717) is 0 Å². The molecule has 0 saturated carbocycles. The number of amides is 1. The maximum atomic E-state index is 12.6. The van der Waals surface area contributed by atoms with E-state index in [1.165, 1.54) is 18.2 Å². The number of sulfonamides is 1. The highest BCUT2D eigenvalue weighted by molar-refractivity contribution is 7.89. The minimum atomic E-state index is -3.68. The fourth-order valence-electron chi connectivity index (χ4n) is 2.90. The number of carbonyl (C=O) groups excluding carboxylic acids is 1. The first-order chi connectivity index (χ1) is 13.4. The zero-order chi connectivity index (χ0) is 20.1. The van der Waals surface area contributed by atoms with E-state index in [1.54, 1.807) is 12.1 Å². The molecule has 0 spiro atoms. The number of rotatable bonds is 7. The van der Waals surface area contributed by atoms with Crippen LogP contribution in [0.3, 0.4) is 0 Å². The Balaban J connectivity index is 1.78. The molecule has 0 radical (unpaired) electrons. The molecule has 28 heavy (non-hydrogen) atoms. The van der Waals surface area contributed by atoms with Gasteiger partial charge in [0.1, 0.15) is 0 Å². The highest BCUT2D eigenvalue weighted by atomic mass is 32.2. The van der Waals surface area contributed by atoms with Crippen LogP contribution in [0.25, 0.3) is 10.8 Å². The molecule has 3 aromatic carbocycles. The topological polar surface area (TPSA) is 75.3 Å². The van der Waals surface area contributed by atoms with Gasteiger partial charge in [0.2, 0.25) is 10.0 Å². The van der Waals surface area contributed by atoms with Gasteiger partial charge in [0, 0.05) is 12.1 Å². The molecule has 1 atom stereocenters. The standard InChI is InChI=1S/C22H22N2O3S/c1-3-13-23-28(26,27)21-10-6-9-20(15-21)22(25)24-16(2)18-12-11-17-7-4-5-8-19(17)14-18/h3-12,14-16,23H,1,13H2,2H3,(H,24,25). The average Bonchev–Trinajstić information content (AvgIpc) is 2.72. The van der Waals surface area contributed by atoms with E-state index in [4.69, 9.17) is 0 Å². The monoisotopic (exact) mass is 394 g/mol. The van der Waals surface area contributed by atoms with E-state index in [2.05, 4.69) is 16.6 Å². The number of benzene rings is 3. The summed E-state index contributed by atoms with van der Waals surface area (Å²) in [7, 11) is -3.68. The van der Waals surface area contributed by atoms with E-state index in [9.17, 15) is 13.2 Å². The molecule has 0 aliphatic rings. The Kier molecular flexibility index (Phi) is 5.92. The van der Waals surface area contributed by atoms with Crippen molar-refractivity contribution in [1.29, 1.82) is 0 Å². The molecule has 2 N–H and O–H groups in total. The zero-order valence-electron chi connectivity index (χ0n) is 15.6. The number of hydrogen-bond acceptors (Lipinski definition) is 3. The summed E-state index contributed by atoms with van der Waals surface area (Å²) in [6, 6.07) is 19.8. The molecule has 0 saturated heterocycles. The SMILES string of the molecule is C=CCNS(=O)(=O)c1cccc(C(=O)NC(C)c2ccc3ccccc3c2)c1. The van der Waals surface area contributed by atoms with Crippen LogP contribution >= 0.6 is 0 Å². The highest BCUT2D eigenvalue weighted by Crippen LogP contribution is 2.21. The summed E-state index contributed by atoms with van der Waals surface area (Å²) in [5, 5.41) is 5.16. The van der Waals surface area contributed by atoms with Crippen molar-refractivity contribution in [2.75, 3.05) is 6.54 Å². The molecule has 3 aromatic rings. The van der Waals surface area contributed by atoms with Gasteiger partial charge in [-0.05, 0) is 47.5 Å². The Bertz CT molecular complexity index is 1120. The first-order valence-corrected chi connectivity index (χ1v) is 10.4. The molecular formula is C22H22N2O3S. The molecule has 144 valence electrons. The molecule has 1 amide bonds. The Hall–Kier alpha value is -2.96. The summed E-state index contributed by atoms with van der Waals surface area (Å²) < 4.78 is 26.9. The van der Waals surface area contributed by atoms with Crippen molar-refractivity contribution in [3.63, 3.8) is 0 Å². The summed E-state index contributed by atoms with van der Waals surface area (Å²) in [5.74, 6) is -0.332. The maximum absolute atomic E-state index is 12.6. The van der Waals surface area contributed by atoms with Crippen LogP contribution < -0.4 is 10.0 Å². The van der Waals surface area contributed by atoms with Crippen molar-refractivity contribution in [2.45, 2.75) is 17.9 Å². The predicted octanol–water partition coefficient (Wildman–Crippen LogP) is 3.80. The van der Waals surface area contributed by atoms with E-state index in [0.717, 1.165) is 16.3 Å². The summed E-state index contributed by atoms with van der Waals surface area (Å²) >= 11 is 0. The van der Waals surface area contributed by atoms with Gasteiger partial charge >= 0.3 is 0 Å². The second kappa shape index (κ2) is 8.37. The van der Waals surface area contributed by atoms with E-state index >= 15 is 0 Å². The lowest BCUT2D eigenvalue weighted by Gasteiger charge is -2.15. The first-order valence-electron chi connectivity index (χ1n) is 8.91.